The highest BCUT2D eigenvalue weighted by atomic mass is 35.5. The molecule has 0 bridgehead atoms. The molecule has 3 heterocycles. The maximum Gasteiger partial charge on any atom is 0.259 e. The number of halogens is 2. The van der Waals surface area contributed by atoms with Crippen LogP contribution in [0.15, 0.2) is 47.1 Å². The van der Waals surface area contributed by atoms with Gasteiger partial charge in [0.15, 0.2) is 0 Å². The van der Waals surface area contributed by atoms with Crippen molar-refractivity contribution in [3.63, 3.8) is 0 Å². The number of rotatable bonds is 9. The lowest BCUT2D eigenvalue weighted by Gasteiger charge is -2.44. The molecule has 1 N–H and O–H groups in total. The van der Waals surface area contributed by atoms with Crippen molar-refractivity contribution in [1.29, 1.82) is 0 Å². The predicted octanol–water partition coefficient (Wildman–Crippen LogP) is 6.69. The van der Waals surface area contributed by atoms with Crippen LogP contribution in [0.3, 0.4) is 0 Å². The second-order valence-corrected chi connectivity index (χ2v) is 15.3. The predicted molar refractivity (Wildman–Crippen MR) is 189 cm³/mol. The minimum absolute atomic E-state index is 0.0243. The monoisotopic (exact) mass is 696 g/mol. The maximum absolute atomic E-state index is 14.0. The van der Waals surface area contributed by atoms with Crippen LogP contribution in [0.5, 0.6) is 0 Å². The lowest BCUT2D eigenvalue weighted by Crippen LogP contribution is -2.56. The molecule has 9 nitrogen and oxygen atoms in total. The molecule has 48 heavy (non-hydrogen) atoms. The molecule has 11 heteroatoms. The highest BCUT2D eigenvalue weighted by molar-refractivity contribution is 6.36. The van der Waals surface area contributed by atoms with Gasteiger partial charge in [-0.15, -0.1) is 0 Å². The first-order valence-corrected chi connectivity index (χ1v) is 17.9. The normalized spacial score (nSPS) is 24.2. The van der Waals surface area contributed by atoms with Gasteiger partial charge in [-0.25, -0.2) is 0 Å². The van der Waals surface area contributed by atoms with Crippen LogP contribution in [-0.4, -0.2) is 95.9 Å². The van der Waals surface area contributed by atoms with Crippen molar-refractivity contribution >= 4 is 58.0 Å². The molecule has 2 amide bonds. The van der Waals surface area contributed by atoms with E-state index in [1.165, 1.54) is 6.26 Å². The first kappa shape index (κ1) is 34.9. The van der Waals surface area contributed by atoms with Crippen LogP contribution in [0, 0.1) is 5.92 Å². The van der Waals surface area contributed by atoms with Crippen molar-refractivity contribution in [2.24, 2.45) is 5.92 Å². The smallest absolute Gasteiger partial charge is 0.259 e. The Kier molecular flexibility index (Phi) is 10.8. The molecule has 0 unspecified atom stereocenters. The van der Waals surface area contributed by atoms with E-state index in [0.717, 1.165) is 64.6 Å². The van der Waals surface area contributed by atoms with Crippen LogP contribution in [0.4, 0.5) is 5.69 Å². The molecule has 3 fully saturated rings. The molecule has 0 spiro atoms. The van der Waals surface area contributed by atoms with Crippen molar-refractivity contribution < 1.29 is 23.5 Å². The van der Waals surface area contributed by atoms with E-state index in [-0.39, 0.29) is 47.9 Å². The number of nitrogens with zero attached hydrogens (tertiary/aromatic N) is 3. The van der Waals surface area contributed by atoms with Gasteiger partial charge in [0.05, 0.1) is 41.4 Å². The number of likely N-dealkylation sites (tertiary alicyclic amines) is 1. The van der Waals surface area contributed by atoms with Gasteiger partial charge in [0.1, 0.15) is 18.1 Å². The van der Waals surface area contributed by atoms with Crippen LogP contribution < -0.4 is 5.32 Å². The first-order valence-electron chi connectivity index (χ1n) is 17.1. The maximum atomic E-state index is 14.0. The Balaban J connectivity index is 1.13. The average Bonchev–Trinajstić information content (AvgIpc) is 3.71. The molecule has 2 atom stereocenters. The van der Waals surface area contributed by atoms with Crippen molar-refractivity contribution in [3.8, 4) is 0 Å². The third-order valence-electron chi connectivity index (χ3n) is 10.4. The van der Waals surface area contributed by atoms with Crippen molar-refractivity contribution in [1.82, 2.24) is 14.7 Å². The second-order valence-electron chi connectivity index (χ2n) is 14.5. The molecular formula is C37H46Cl2N4O5. The number of hydrogen-bond donors (Lipinski definition) is 1. The third-order valence-corrected chi connectivity index (χ3v) is 11.0. The van der Waals surface area contributed by atoms with Crippen molar-refractivity contribution in [2.75, 3.05) is 44.6 Å². The fourth-order valence-electron chi connectivity index (χ4n) is 7.44. The molecule has 1 aromatic heterocycles. The average molecular weight is 698 g/mol. The van der Waals surface area contributed by atoms with E-state index in [2.05, 4.69) is 35.9 Å². The van der Waals surface area contributed by atoms with Gasteiger partial charge in [-0.2, -0.15) is 0 Å². The van der Waals surface area contributed by atoms with E-state index in [9.17, 15) is 14.4 Å². The largest absolute Gasteiger partial charge is 0.463 e. The molecule has 2 saturated heterocycles. The second kappa shape index (κ2) is 14.9. The number of ether oxygens (including phenoxy) is 1. The molecule has 3 aliphatic rings. The third kappa shape index (κ3) is 7.92. The number of amides is 2. The quantitative estimate of drug-likeness (QED) is 0.249. The summed E-state index contributed by atoms with van der Waals surface area (Å²) in [6, 6.07) is 10.8. The summed E-state index contributed by atoms with van der Waals surface area (Å²) < 4.78 is 11.9. The minimum atomic E-state index is -0.365. The highest BCUT2D eigenvalue weighted by Gasteiger charge is 2.40. The van der Waals surface area contributed by atoms with E-state index in [4.69, 9.17) is 32.4 Å². The lowest BCUT2D eigenvalue weighted by atomic mass is 9.88. The van der Waals surface area contributed by atoms with Crippen molar-refractivity contribution in [3.05, 3.63) is 63.8 Å². The van der Waals surface area contributed by atoms with E-state index in [0.29, 0.717) is 51.0 Å². The number of carbonyl (C=O) groups excluding carboxylic acids is 3. The molecule has 2 aliphatic heterocycles. The number of anilines is 1. The number of nitrogens with one attached hydrogen (secondary N) is 1. The van der Waals surface area contributed by atoms with Gasteiger partial charge in [-0.05, 0) is 76.6 Å². The summed E-state index contributed by atoms with van der Waals surface area (Å²) in [5.41, 5.74) is 2.11. The zero-order valence-corrected chi connectivity index (χ0v) is 29.6. The number of fused-ring (bicyclic) bond motifs is 1. The van der Waals surface area contributed by atoms with Gasteiger partial charge in [0.25, 0.3) is 5.91 Å². The summed E-state index contributed by atoms with van der Waals surface area (Å²) >= 11 is 13.4. The molecule has 2 aromatic carbocycles. The van der Waals surface area contributed by atoms with E-state index >= 15 is 0 Å². The van der Waals surface area contributed by atoms with Gasteiger partial charge < -0.3 is 24.2 Å². The topological polar surface area (TPSA) is 95.3 Å². The Morgan fingerprint density at radius 2 is 1.75 bits per heavy atom. The molecule has 1 saturated carbocycles. The van der Waals surface area contributed by atoms with Crippen LogP contribution in [0.1, 0.15) is 68.8 Å². The Labute approximate surface area is 292 Å². The fraction of sp³-hybridized carbons (Fsp3) is 0.541. The summed E-state index contributed by atoms with van der Waals surface area (Å²) in [6.45, 7) is 11.8. The van der Waals surface area contributed by atoms with Crippen LogP contribution in [-0.2, 0) is 20.7 Å². The van der Waals surface area contributed by atoms with E-state index in [1.54, 1.807) is 18.2 Å². The molecule has 258 valence electrons. The van der Waals surface area contributed by atoms with E-state index < -0.39 is 0 Å². The van der Waals surface area contributed by atoms with Crippen molar-refractivity contribution in [2.45, 2.75) is 83.0 Å². The molecule has 1 aliphatic carbocycles. The first-order chi connectivity index (χ1) is 23.0. The Bertz CT molecular complexity index is 1620. The zero-order valence-electron chi connectivity index (χ0n) is 28.1. The molecular weight excluding hydrogens is 651 g/mol. The van der Waals surface area contributed by atoms with Gasteiger partial charge >= 0.3 is 0 Å². The van der Waals surface area contributed by atoms with Crippen LogP contribution >= 0.6 is 23.2 Å². The van der Waals surface area contributed by atoms with Crippen LogP contribution in [0.25, 0.3) is 11.0 Å². The van der Waals surface area contributed by atoms with Gasteiger partial charge in [0.2, 0.25) is 5.91 Å². The number of hydrogen-bond acceptors (Lipinski definition) is 7. The molecule has 6 rings (SSSR count). The van der Waals surface area contributed by atoms with Gasteiger partial charge in [-0.1, -0.05) is 41.4 Å². The Hall–Kier alpha value is -2.95. The Morgan fingerprint density at radius 1 is 1.02 bits per heavy atom. The van der Waals surface area contributed by atoms with Gasteiger partial charge in [-0.3, -0.25) is 19.4 Å². The summed E-state index contributed by atoms with van der Waals surface area (Å²) in [5.74, 6) is -0.258. The zero-order chi connectivity index (χ0) is 34.0. The summed E-state index contributed by atoms with van der Waals surface area (Å²) in [5, 5.41) is 4.19. The minimum Gasteiger partial charge on any atom is -0.463 e. The number of carbonyl (C=O) groups is 3. The van der Waals surface area contributed by atoms with E-state index in [1.807, 2.05) is 23.1 Å². The fourth-order valence-corrected chi connectivity index (χ4v) is 7.91. The summed E-state index contributed by atoms with van der Waals surface area (Å²) in [7, 11) is 0. The molecule has 3 aromatic rings. The summed E-state index contributed by atoms with van der Waals surface area (Å²) in [4.78, 5) is 45.4. The SMILES string of the molecule is CC(C)(C)N1CCN([C@H]2C[C@@H](COC3CCC(C=O)CC3)N(C(=O)Cc3cc(Cl)c(NC(=O)c4coc5ccccc45)cc3Cl)C2)CC1. The highest BCUT2D eigenvalue weighted by Crippen LogP contribution is 2.33. The Morgan fingerprint density at radius 3 is 2.46 bits per heavy atom. The number of furan rings is 1. The lowest BCUT2D eigenvalue weighted by molar-refractivity contribution is -0.133. The number of aldehydes is 1. The standard InChI is InChI=1S/C37H46Cl2N4O5/c1-37(2,3)42-14-12-41(13-15-42)26-18-27(22-47-28-10-8-24(21-44)9-11-28)43(20-26)35(45)17-25-16-32(39)33(19-31(25)38)40-36(46)30-23-48-34-7-5-4-6-29(30)34/h4-7,16,19,21,23-24,26-28H,8-15,17-18,20,22H2,1-3H3,(H,40,46)/t24?,26-,27-,28?/m0/s1. The number of piperazine rings is 1. The summed E-state index contributed by atoms with van der Waals surface area (Å²) in [6.07, 6.45) is 7.00. The number of benzene rings is 2. The number of para-hydroxylation sites is 1. The van der Waals surface area contributed by atoms with Crippen LogP contribution in [0.2, 0.25) is 10.0 Å². The molecule has 0 radical (unpaired) electrons. The van der Waals surface area contributed by atoms with Gasteiger partial charge in [0, 0.05) is 60.6 Å².